The smallest absolute Gasteiger partial charge is 0.222 e. The Kier molecular flexibility index (Phi) is 5.22. The summed E-state index contributed by atoms with van der Waals surface area (Å²) in [6, 6.07) is 6.72. The maximum absolute atomic E-state index is 12.8. The molecule has 5 heteroatoms. The number of amides is 1. The molecule has 1 amide bonds. The van der Waals surface area contributed by atoms with E-state index in [2.05, 4.69) is 5.32 Å². The largest absolute Gasteiger partial charge is 0.369 e. The molecule has 104 valence electrons. The van der Waals surface area contributed by atoms with Crippen LogP contribution < -0.4 is 11.1 Å². The minimum absolute atomic E-state index is 0.240. The van der Waals surface area contributed by atoms with Crippen molar-refractivity contribution in [2.75, 3.05) is 18.1 Å². The molecule has 1 aromatic carbocycles. The fraction of sp³-hybridized carbons (Fsp3) is 0.500. The van der Waals surface area contributed by atoms with E-state index in [0.29, 0.717) is 19.0 Å². The van der Waals surface area contributed by atoms with E-state index < -0.39 is 0 Å². The lowest BCUT2D eigenvalue weighted by Crippen LogP contribution is -2.39. The summed E-state index contributed by atoms with van der Waals surface area (Å²) in [5.41, 5.74) is 6.38. The van der Waals surface area contributed by atoms with Gasteiger partial charge < -0.3 is 11.1 Å². The second kappa shape index (κ2) is 6.91. The van der Waals surface area contributed by atoms with Crippen LogP contribution in [-0.2, 0) is 11.2 Å². The Bertz CT molecular complexity index is 418. The minimum atomic E-state index is -0.303. The second-order valence-corrected chi connectivity index (χ2v) is 6.05. The number of thioether (sulfide) groups is 1. The van der Waals surface area contributed by atoms with E-state index in [1.54, 1.807) is 12.1 Å². The van der Waals surface area contributed by atoms with Gasteiger partial charge in [0.25, 0.3) is 0 Å². The van der Waals surface area contributed by atoms with Gasteiger partial charge in [-0.1, -0.05) is 12.1 Å². The van der Waals surface area contributed by atoms with Gasteiger partial charge in [-0.05, 0) is 36.3 Å². The first-order chi connectivity index (χ1) is 9.15. The zero-order chi connectivity index (χ0) is 13.7. The van der Waals surface area contributed by atoms with Crippen molar-refractivity contribution in [3.63, 3.8) is 0 Å². The standard InChI is InChI=1S/C14H19FN2OS/c15-12-3-1-10(2-4-12)7-11(14(16)18)8-17-13-5-6-19-9-13/h1-4,11,13,17H,5-9H2,(H2,16,18)/t11-,13+/m0/s1. The monoisotopic (exact) mass is 282 g/mol. The van der Waals surface area contributed by atoms with Gasteiger partial charge in [0.15, 0.2) is 0 Å². The molecule has 2 rings (SSSR count). The highest BCUT2D eigenvalue weighted by Gasteiger charge is 2.20. The second-order valence-electron chi connectivity index (χ2n) is 4.90. The van der Waals surface area contributed by atoms with Crippen LogP contribution in [0, 0.1) is 11.7 Å². The number of nitrogens with two attached hydrogens (primary N) is 1. The van der Waals surface area contributed by atoms with Crippen LogP contribution in [0.3, 0.4) is 0 Å². The number of primary amides is 1. The molecule has 1 fully saturated rings. The SMILES string of the molecule is NC(=O)[C@H](CN[C@@H]1CCSC1)Cc1ccc(F)cc1. The van der Waals surface area contributed by atoms with E-state index >= 15 is 0 Å². The average Bonchev–Trinajstić information content (AvgIpc) is 2.89. The molecule has 1 aromatic rings. The molecule has 19 heavy (non-hydrogen) atoms. The van der Waals surface area contributed by atoms with Gasteiger partial charge in [0.1, 0.15) is 5.82 Å². The highest BCUT2D eigenvalue weighted by atomic mass is 32.2. The van der Waals surface area contributed by atoms with Crippen LogP contribution >= 0.6 is 11.8 Å². The third-order valence-electron chi connectivity index (χ3n) is 3.38. The van der Waals surface area contributed by atoms with E-state index in [9.17, 15) is 9.18 Å². The number of hydrogen-bond acceptors (Lipinski definition) is 3. The molecule has 0 unspecified atom stereocenters. The van der Waals surface area contributed by atoms with E-state index in [1.165, 1.54) is 17.9 Å². The van der Waals surface area contributed by atoms with Crippen LogP contribution in [0.5, 0.6) is 0 Å². The van der Waals surface area contributed by atoms with E-state index in [4.69, 9.17) is 5.73 Å². The highest BCUT2D eigenvalue weighted by molar-refractivity contribution is 7.99. The third-order valence-corrected chi connectivity index (χ3v) is 4.54. The van der Waals surface area contributed by atoms with Crippen molar-refractivity contribution in [3.8, 4) is 0 Å². The van der Waals surface area contributed by atoms with Crippen LogP contribution in [0.1, 0.15) is 12.0 Å². The van der Waals surface area contributed by atoms with Gasteiger partial charge in [-0.25, -0.2) is 4.39 Å². The van der Waals surface area contributed by atoms with Gasteiger partial charge in [-0.2, -0.15) is 11.8 Å². The summed E-state index contributed by atoms with van der Waals surface area (Å²) in [6.07, 6.45) is 1.70. The molecule has 0 radical (unpaired) electrons. The van der Waals surface area contributed by atoms with Crippen LogP contribution in [0.2, 0.25) is 0 Å². The molecule has 1 aliphatic heterocycles. The van der Waals surface area contributed by atoms with Crippen LogP contribution in [0.15, 0.2) is 24.3 Å². The van der Waals surface area contributed by atoms with Gasteiger partial charge in [-0.15, -0.1) is 0 Å². The Morgan fingerprint density at radius 1 is 1.47 bits per heavy atom. The Labute approximate surface area is 117 Å². The summed E-state index contributed by atoms with van der Waals surface area (Å²) in [6.45, 7) is 0.595. The molecule has 1 aliphatic rings. The first-order valence-electron chi connectivity index (χ1n) is 6.50. The van der Waals surface area contributed by atoms with Crippen molar-refractivity contribution >= 4 is 17.7 Å². The molecule has 0 bridgehead atoms. The Morgan fingerprint density at radius 2 is 2.21 bits per heavy atom. The lowest BCUT2D eigenvalue weighted by molar-refractivity contribution is -0.121. The summed E-state index contributed by atoms with van der Waals surface area (Å²) in [7, 11) is 0. The van der Waals surface area contributed by atoms with E-state index in [1.807, 2.05) is 11.8 Å². The molecule has 3 nitrogen and oxygen atoms in total. The van der Waals surface area contributed by atoms with Gasteiger partial charge in [0.05, 0.1) is 5.92 Å². The number of hydrogen-bond donors (Lipinski definition) is 2. The zero-order valence-electron chi connectivity index (χ0n) is 10.8. The van der Waals surface area contributed by atoms with Crippen LogP contribution in [0.4, 0.5) is 4.39 Å². The number of benzene rings is 1. The third kappa shape index (κ3) is 4.51. The van der Waals surface area contributed by atoms with Crippen molar-refractivity contribution in [1.29, 1.82) is 0 Å². The molecular formula is C14H19FN2OS. The van der Waals surface area contributed by atoms with Crippen LogP contribution in [0.25, 0.3) is 0 Å². The first kappa shape index (κ1) is 14.3. The van der Waals surface area contributed by atoms with E-state index in [0.717, 1.165) is 17.7 Å². The van der Waals surface area contributed by atoms with Crippen molar-refractivity contribution in [2.45, 2.75) is 18.9 Å². The Balaban J connectivity index is 1.88. The van der Waals surface area contributed by atoms with Crippen LogP contribution in [-0.4, -0.2) is 30.0 Å². The number of rotatable bonds is 6. The number of carbonyl (C=O) groups excluding carboxylic acids is 1. The molecule has 0 saturated carbocycles. The maximum atomic E-state index is 12.8. The molecular weight excluding hydrogens is 263 g/mol. The Morgan fingerprint density at radius 3 is 2.79 bits per heavy atom. The molecule has 0 spiro atoms. The lowest BCUT2D eigenvalue weighted by Gasteiger charge is -2.17. The molecule has 1 heterocycles. The fourth-order valence-electron chi connectivity index (χ4n) is 2.18. The average molecular weight is 282 g/mol. The minimum Gasteiger partial charge on any atom is -0.369 e. The summed E-state index contributed by atoms with van der Waals surface area (Å²) >= 11 is 1.93. The molecule has 0 aromatic heterocycles. The van der Waals surface area contributed by atoms with Gasteiger partial charge in [0.2, 0.25) is 5.91 Å². The number of carbonyl (C=O) groups is 1. The van der Waals surface area contributed by atoms with Crippen molar-refractivity contribution in [3.05, 3.63) is 35.6 Å². The summed E-state index contributed by atoms with van der Waals surface area (Å²) in [5.74, 6) is 1.47. The zero-order valence-corrected chi connectivity index (χ0v) is 11.6. The summed E-state index contributed by atoms with van der Waals surface area (Å²) < 4.78 is 12.8. The predicted octanol–water partition coefficient (Wildman–Crippen LogP) is 1.56. The van der Waals surface area contributed by atoms with Crippen molar-refractivity contribution in [2.24, 2.45) is 11.7 Å². The fourth-order valence-corrected chi connectivity index (χ4v) is 3.37. The quantitative estimate of drug-likeness (QED) is 0.832. The number of nitrogens with one attached hydrogen (secondary N) is 1. The van der Waals surface area contributed by atoms with Gasteiger partial charge in [-0.3, -0.25) is 4.79 Å². The first-order valence-corrected chi connectivity index (χ1v) is 7.65. The molecule has 2 atom stereocenters. The molecule has 1 saturated heterocycles. The van der Waals surface area contributed by atoms with Gasteiger partial charge >= 0.3 is 0 Å². The normalized spacial score (nSPS) is 20.4. The van der Waals surface area contributed by atoms with Gasteiger partial charge in [0, 0.05) is 18.3 Å². The highest BCUT2D eigenvalue weighted by Crippen LogP contribution is 2.17. The number of halogens is 1. The predicted molar refractivity (Wildman–Crippen MR) is 76.5 cm³/mol. The topological polar surface area (TPSA) is 55.1 Å². The summed E-state index contributed by atoms with van der Waals surface area (Å²) in [4.78, 5) is 11.5. The van der Waals surface area contributed by atoms with Crippen molar-refractivity contribution in [1.82, 2.24) is 5.32 Å². The Hall–Kier alpha value is -1.07. The lowest BCUT2D eigenvalue weighted by atomic mass is 9.98. The maximum Gasteiger partial charge on any atom is 0.222 e. The summed E-state index contributed by atoms with van der Waals surface area (Å²) in [5, 5.41) is 3.40. The molecule has 0 aliphatic carbocycles. The molecule has 3 N–H and O–H groups in total. The van der Waals surface area contributed by atoms with Crippen molar-refractivity contribution < 1.29 is 9.18 Å². The van der Waals surface area contributed by atoms with E-state index in [-0.39, 0.29) is 17.6 Å².